The van der Waals surface area contributed by atoms with Gasteiger partial charge in [-0.05, 0) is 25.0 Å². The maximum Gasteiger partial charge on any atom is 0.253 e. The number of aryl methyl sites for hydroxylation is 2. The first-order chi connectivity index (χ1) is 10.2. The Morgan fingerprint density at radius 2 is 2.13 bits per heavy atom. The molecule has 126 valence electrons. The number of amides is 1. The smallest absolute Gasteiger partial charge is 0.253 e. The first kappa shape index (κ1) is 19.3. The number of anilines is 1. The van der Waals surface area contributed by atoms with E-state index in [2.05, 4.69) is 15.4 Å². The number of hydrogen-bond donors (Lipinski definition) is 2. The Labute approximate surface area is 147 Å². The first-order valence-corrected chi connectivity index (χ1v) is 7.28. The summed E-state index contributed by atoms with van der Waals surface area (Å²) >= 11 is 0. The number of hydrogen-bond acceptors (Lipinski definition) is 4. The third-order valence-electron chi connectivity index (χ3n) is 3.75. The van der Waals surface area contributed by atoms with Crippen molar-refractivity contribution in [3.05, 3.63) is 41.5 Å². The number of carbonyl (C=O) groups is 1. The Bertz CT molecular complexity index is 674. The van der Waals surface area contributed by atoms with E-state index in [1.807, 2.05) is 23.7 Å². The van der Waals surface area contributed by atoms with Crippen molar-refractivity contribution in [2.45, 2.75) is 38.8 Å². The van der Waals surface area contributed by atoms with Gasteiger partial charge in [0.05, 0.1) is 11.6 Å². The fourth-order valence-corrected chi connectivity index (χ4v) is 2.63. The van der Waals surface area contributed by atoms with Crippen molar-refractivity contribution in [2.24, 2.45) is 0 Å². The van der Waals surface area contributed by atoms with Crippen LogP contribution in [0.5, 0.6) is 0 Å². The lowest BCUT2D eigenvalue weighted by molar-refractivity contribution is 0.0928. The van der Waals surface area contributed by atoms with Crippen LogP contribution in [0.3, 0.4) is 0 Å². The fourth-order valence-electron chi connectivity index (χ4n) is 2.63. The van der Waals surface area contributed by atoms with Gasteiger partial charge in [0, 0.05) is 18.7 Å². The van der Waals surface area contributed by atoms with Crippen molar-refractivity contribution in [2.75, 3.05) is 5.73 Å². The van der Waals surface area contributed by atoms with E-state index in [9.17, 15) is 4.79 Å². The highest BCUT2D eigenvalue weighted by atomic mass is 35.5. The molecule has 1 aromatic heterocycles. The highest BCUT2D eigenvalue weighted by molar-refractivity contribution is 5.99. The minimum Gasteiger partial charge on any atom is -0.398 e. The number of benzene rings is 1. The zero-order valence-electron chi connectivity index (χ0n) is 12.9. The van der Waals surface area contributed by atoms with Crippen LogP contribution in [0, 0.1) is 0 Å². The van der Waals surface area contributed by atoms with Gasteiger partial charge < -0.3 is 11.1 Å². The van der Waals surface area contributed by atoms with E-state index in [-0.39, 0.29) is 36.8 Å². The number of nitrogens with zero attached hydrogens (tertiary/aromatic N) is 3. The molecule has 2 aromatic rings. The molecule has 0 spiro atoms. The van der Waals surface area contributed by atoms with Crippen LogP contribution in [-0.4, -0.2) is 20.7 Å². The molecule has 0 bridgehead atoms. The molecule has 3 rings (SSSR count). The SMILES string of the molecule is CCc1nc2n(n1)CCCC2NC(=O)c1ccccc1N.Cl.Cl. The molecule has 0 radical (unpaired) electrons. The van der Waals surface area contributed by atoms with E-state index in [0.29, 0.717) is 11.3 Å². The largest absolute Gasteiger partial charge is 0.398 e. The second-order valence-electron chi connectivity index (χ2n) is 5.22. The minimum absolute atomic E-state index is 0. The van der Waals surface area contributed by atoms with Gasteiger partial charge in [-0.3, -0.25) is 4.79 Å². The molecule has 1 aliphatic rings. The van der Waals surface area contributed by atoms with E-state index in [1.165, 1.54) is 0 Å². The number of halogens is 2. The van der Waals surface area contributed by atoms with Gasteiger partial charge in [0.15, 0.2) is 5.82 Å². The van der Waals surface area contributed by atoms with Crippen molar-refractivity contribution >= 4 is 36.4 Å². The van der Waals surface area contributed by atoms with E-state index in [4.69, 9.17) is 5.73 Å². The topological polar surface area (TPSA) is 85.8 Å². The number of nitrogens with one attached hydrogen (secondary N) is 1. The summed E-state index contributed by atoms with van der Waals surface area (Å²) < 4.78 is 1.90. The molecular formula is C15H21Cl2N5O. The molecule has 1 unspecified atom stereocenters. The average Bonchev–Trinajstić information content (AvgIpc) is 2.92. The third kappa shape index (κ3) is 3.95. The van der Waals surface area contributed by atoms with Crippen molar-refractivity contribution < 1.29 is 4.79 Å². The van der Waals surface area contributed by atoms with Gasteiger partial charge in [-0.25, -0.2) is 9.67 Å². The van der Waals surface area contributed by atoms with E-state index < -0.39 is 0 Å². The number of nitrogen functional groups attached to an aromatic ring is 1. The summed E-state index contributed by atoms with van der Waals surface area (Å²) in [5.41, 5.74) is 6.84. The molecule has 23 heavy (non-hydrogen) atoms. The van der Waals surface area contributed by atoms with E-state index in [0.717, 1.165) is 37.5 Å². The van der Waals surface area contributed by atoms with E-state index >= 15 is 0 Å². The average molecular weight is 358 g/mol. The molecule has 0 fully saturated rings. The molecule has 1 atom stereocenters. The molecule has 0 aliphatic carbocycles. The fraction of sp³-hybridized carbons (Fsp3) is 0.400. The van der Waals surface area contributed by atoms with Crippen LogP contribution in [0.25, 0.3) is 0 Å². The van der Waals surface area contributed by atoms with Crippen molar-refractivity contribution in [3.63, 3.8) is 0 Å². The second-order valence-corrected chi connectivity index (χ2v) is 5.22. The quantitative estimate of drug-likeness (QED) is 0.826. The zero-order valence-corrected chi connectivity index (χ0v) is 14.5. The van der Waals surface area contributed by atoms with Crippen LogP contribution >= 0.6 is 24.8 Å². The molecule has 2 heterocycles. The molecule has 6 nitrogen and oxygen atoms in total. The lowest BCUT2D eigenvalue weighted by Crippen LogP contribution is -2.33. The molecule has 1 amide bonds. The Morgan fingerprint density at radius 3 is 2.83 bits per heavy atom. The van der Waals surface area contributed by atoms with Crippen LogP contribution in [-0.2, 0) is 13.0 Å². The molecule has 0 saturated carbocycles. The Hall–Kier alpha value is -1.79. The number of rotatable bonds is 3. The van der Waals surface area contributed by atoms with Crippen molar-refractivity contribution in [1.29, 1.82) is 0 Å². The molecule has 8 heteroatoms. The van der Waals surface area contributed by atoms with Crippen LogP contribution in [0.1, 0.15) is 47.8 Å². The molecular weight excluding hydrogens is 337 g/mol. The zero-order chi connectivity index (χ0) is 14.8. The van der Waals surface area contributed by atoms with Gasteiger partial charge in [0.2, 0.25) is 0 Å². The van der Waals surface area contributed by atoms with Crippen LogP contribution in [0.15, 0.2) is 24.3 Å². The Kier molecular flexibility index (Phi) is 6.84. The first-order valence-electron chi connectivity index (χ1n) is 7.28. The summed E-state index contributed by atoms with van der Waals surface area (Å²) in [7, 11) is 0. The lowest BCUT2D eigenvalue weighted by atomic mass is 10.1. The lowest BCUT2D eigenvalue weighted by Gasteiger charge is -2.23. The summed E-state index contributed by atoms with van der Waals surface area (Å²) in [6, 6.07) is 6.99. The predicted molar refractivity (Wildman–Crippen MR) is 94.2 cm³/mol. The van der Waals surface area contributed by atoms with Gasteiger partial charge in [-0.1, -0.05) is 19.1 Å². The maximum atomic E-state index is 12.4. The van der Waals surface area contributed by atoms with Crippen molar-refractivity contribution in [1.82, 2.24) is 20.1 Å². The van der Waals surface area contributed by atoms with Gasteiger partial charge in [0.25, 0.3) is 5.91 Å². The molecule has 0 saturated heterocycles. The van der Waals surface area contributed by atoms with Gasteiger partial charge in [-0.15, -0.1) is 24.8 Å². The minimum atomic E-state index is -0.160. The molecule has 1 aliphatic heterocycles. The second kappa shape index (κ2) is 8.17. The van der Waals surface area contributed by atoms with Crippen LogP contribution in [0.4, 0.5) is 5.69 Å². The van der Waals surface area contributed by atoms with Crippen LogP contribution in [0.2, 0.25) is 0 Å². The van der Waals surface area contributed by atoms with Crippen LogP contribution < -0.4 is 11.1 Å². The highest BCUT2D eigenvalue weighted by Gasteiger charge is 2.26. The summed E-state index contributed by atoms with van der Waals surface area (Å²) in [5.74, 6) is 1.51. The maximum absolute atomic E-state index is 12.4. The normalized spacial score (nSPS) is 15.8. The Morgan fingerprint density at radius 1 is 1.39 bits per heavy atom. The summed E-state index contributed by atoms with van der Waals surface area (Å²) in [6.45, 7) is 2.89. The van der Waals surface area contributed by atoms with Crippen molar-refractivity contribution in [3.8, 4) is 0 Å². The number of fused-ring (bicyclic) bond motifs is 1. The Balaban J connectivity index is 0.00000132. The van der Waals surface area contributed by atoms with Gasteiger partial charge >= 0.3 is 0 Å². The molecule has 1 aromatic carbocycles. The highest BCUT2D eigenvalue weighted by Crippen LogP contribution is 2.24. The number of para-hydroxylation sites is 1. The molecule has 3 N–H and O–H groups in total. The number of carbonyl (C=O) groups excluding carboxylic acids is 1. The monoisotopic (exact) mass is 357 g/mol. The third-order valence-corrected chi connectivity index (χ3v) is 3.75. The summed E-state index contributed by atoms with van der Waals surface area (Å²) in [5, 5.41) is 7.47. The summed E-state index contributed by atoms with van der Waals surface area (Å²) in [6.07, 6.45) is 2.65. The predicted octanol–water partition coefficient (Wildman–Crippen LogP) is 2.53. The standard InChI is InChI=1S/C15H19N5O.2ClH/c1-2-13-18-14-12(8-5-9-20(14)19-13)17-15(21)10-6-3-4-7-11(10)16;;/h3-4,6-7,12H,2,5,8-9,16H2,1H3,(H,17,21);2*1H. The number of nitrogens with two attached hydrogens (primary N) is 1. The summed E-state index contributed by atoms with van der Waals surface area (Å²) in [4.78, 5) is 16.9. The van der Waals surface area contributed by atoms with E-state index in [1.54, 1.807) is 12.1 Å². The van der Waals surface area contributed by atoms with Gasteiger partial charge in [0.1, 0.15) is 5.82 Å². The van der Waals surface area contributed by atoms with Gasteiger partial charge in [-0.2, -0.15) is 5.10 Å². The number of aromatic nitrogens is 3.